The summed E-state index contributed by atoms with van der Waals surface area (Å²) in [5, 5.41) is 6.06. The average molecular weight is 156 g/mol. The second-order valence-corrected chi connectivity index (χ2v) is 3.31. The zero-order valence-corrected chi connectivity index (χ0v) is 6.97. The van der Waals surface area contributed by atoms with Crippen LogP contribution < -0.4 is 10.6 Å². The van der Waals surface area contributed by atoms with Crippen molar-refractivity contribution in [3.8, 4) is 0 Å². The van der Waals surface area contributed by atoms with Crippen LogP contribution in [0.1, 0.15) is 19.8 Å². The first-order chi connectivity index (χ1) is 5.33. The van der Waals surface area contributed by atoms with Crippen LogP contribution in [0.5, 0.6) is 0 Å². The maximum atomic E-state index is 9.99. The number of hydrogen-bond acceptors (Lipinski definition) is 2. The van der Waals surface area contributed by atoms with Crippen LogP contribution in [-0.4, -0.2) is 25.5 Å². The van der Waals surface area contributed by atoms with Gasteiger partial charge >= 0.3 is 0 Å². The molecule has 2 unspecified atom stereocenters. The third-order valence-corrected chi connectivity index (χ3v) is 2.20. The highest BCUT2D eigenvalue weighted by atomic mass is 16.1. The Morgan fingerprint density at radius 3 is 3.18 bits per heavy atom. The number of nitrogens with one attached hydrogen (secondary N) is 2. The van der Waals surface area contributed by atoms with Crippen molar-refractivity contribution in [2.24, 2.45) is 5.92 Å². The van der Waals surface area contributed by atoms with Crippen LogP contribution in [0.3, 0.4) is 0 Å². The maximum Gasteiger partial charge on any atom is 0.207 e. The summed E-state index contributed by atoms with van der Waals surface area (Å²) < 4.78 is 0. The molecule has 1 heterocycles. The third-order valence-electron chi connectivity index (χ3n) is 2.20. The summed E-state index contributed by atoms with van der Waals surface area (Å²) in [6.07, 6.45) is 3.21. The number of carbonyl (C=O) groups is 1. The fourth-order valence-corrected chi connectivity index (χ4v) is 1.57. The molecule has 0 radical (unpaired) electrons. The summed E-state index contributed by atoms with van der Waals surface area (Å²) in [6, 6.07) is 0.490. The lowest BCUT2D eigenvalue weighted by Crippen LogP contribution is -2.43. The molecule has 1 aliphatic heterocycles. The van der Waals surface area contributed by atoms with Crippen molar-refractivity contribution in [2.45, 2.75) is 25.8 Å². The Morgan fingerprint density at radius 1 is 1.73 bits per heavy atom. The Morgan fingerprint density at radius 2 is 2.55 bits per heavy atom. The van der Waals surface area contributed by atoms with Crippen molar-refractivity contribution < 1.29 is 4.79 Å². The van der Waals surface area contributed by atoms with Gasteiger partial charge in [-0.25, -0.2) is 0 Å². The first-order valence-electron chi connectivity index (χ1n) is 4.23. The largest absolute Gasteiger partial charge is 0.357 e. The Kier molecular flexibility index (Phi) is 3.36. The topological polar surface area (TPSA) is 41.1 Å². The average Bonchev–Trinajstić information content (AvgIpc) is 2.01. The predicted molar refractivity (Wildman–Crippen MR) is 44.3 cm³/mol. The van der Waals surface area contributed by atoms with Crippen LogP contribution in [0.25, 0.3) is 0 Å². The van der Waals surface area contributed by atoms with E-state index >= 15 is 0 Å². The number of carbonyl (C=O) groups excluding carboxylic acids is 1. The van der Waals surface area contributed by atoms with E-state index < -0.39 is 0 Å². The number of piperidine rings is 1. The quantitative estimate of drug-likeness (QED) is 0.570. The van der Waals surface area contributed by atoms with Gasteiger partial charge in [0.25, 0.3) is 0 Å². The molecule has 1 rings (SSSR count). The van der Waals surface area contributed by atoms with Gasteiger partial charge < -0.3 is 10.6 Å². The molecule has 0 bridgehead atoms. The van der Waals surface area contributed by atoms with Gasteiger partial charge in [0.15, 0.2) is 0 Å². The van der Waals surface area contributed by atoms with Gasteiger partial charge in [0.1, 0.15) is 0 Å². The second-order valence-electron chi connectivity index (χ2n) is 3.31. The van der Waals surface area contributed by atoms with Gasteiger partial charge in [0, 0.05) is 12.6 Å². The van der Waals surface area contributed by atoms with E-state index in [-0.39, 0.29) is 0 Å². The van der Waals surface area contributed by atoms with Crippen LogP contribution in [-0.2, 0) is 4.79 Å². The van der Waals surface area contributed by atoms with Gasteiger partial charge in [0.05, 0.1) is 0 Å². The van der Waals surface area contributed by atoms with E-state index in [2.05, 4.69) is 17.6 Å². The fourth-order valence-electron chi connectivity index (χ4n) is 1.57. The van der Waals surface area contributed by atoms with Crippen LogP contribution >= 0.6 is 0 Å². The molecular formula is C8H16N2O. The number of hydrogen-bond donors (Lipinski definition) is 2. The highest BCUT2D eigenvalue weighted by molar-refractivity contribution is 5.45. The highest BCUT2D eigenvalue weighted by Gasteiger charge is 2.16. The zero-order valence-electron chi connectivity index (χ0n) is 6.97. The molecule has 1 fully saturated rings. The monoisotopic (exact) mass is 156 g/mol. The molecule has 11 heavy (non-hydrogen) atoms. The van der Waals surface area contributed by atoms with E-state index in [9.17, 15) is 4.79 Å². The minimum atomic E-state index is 0.490. The molecule has 0 saturated carbocycles. The molecule has 64 valence electrons. The van der Waals surface area contributed by atoms with E-state index in [0.717, 1.165) is 25.4 Å². The smallest absolute Gasteiger partial charge is 0.207 e. The van der Waals surface area contributed by atoms with E-state index in [4.69, 9.17) is 0 Å². The predicted octanol–water partition coefficient (Wildman–Crippen LogP) is 0.120. The normalized spacial score (nSPS) is 31.4. The molecule has 2 atom stereocenters. The summed E-state index contributed by atoms with van der Waals surface area (Å²) in [7, 11) is 0. The van der Waals surface area contributed by atoms with Gasteiger partial charge in [0.2, 0.25) is 6.41 Å². The molecule has 3 nitrogen and oxygen atoms in total. The van der Waals surface area contributed by atoms with Gasteiger partial charge in [-0.05, 0) is 25.3 Å². The lowest BCUT2D eigenvalue weighted by molar-refractivity contribution is -0.109. The molecule has 1 amide bonds. The van der Waals surface area contributed by atoms with E-state index in [1.54, 1.807) is 0 Å². The van der Waals surface area contributed by atoms with Crippen LogP contribution in [0.15, 0.2) is 0 Å². The molecule has 0 aromatic heterocycles. The third kappa shape index (κ3) is 2.89. The Balaban J connectivity index is 2.17. The standard InChI is InChI=1S/C8H16N2O/c1-7-2-3-10-8(4-7)5-9-6-11/h6-8,10H,2-5H2,1H3,(H,9,11). The Bertz CT molecular complexity index is 127. The van der Waals surface area contributed by atoms with Crippen molar-refractivity contribution in [3.63, 3.8) is 0 Å². The molecular weight excluding hydrogens is 140 g/mol. The molecule has 1 saturated heterocycles. The molecule has 3 heteroatoms. The first kappa shape index (κ1) is 8.53. The molecule has 0 aromatic rings. The summed E-state index contributed by atoms with van der Waals surface area (Å²) in [6.45, 7) is 4.12. The van der Waals surface area contributed by atoms with Crippen molar-refractivity contribution in [3.05, 3.63) is 0 Å². The molecule has 1 aliphatic rings. The minimum absolute atomic E-state index is 0.490. The Hall–Kier alpha value is -0.570. The SMILES string of the molecule is CC1CCNC(CNC=O)C1. The summed E-state index contributed by atoms with van der Waals surface area (Å²) in [4.78, 5) is 9.99. The second kappa shape index (κ2) is 4.34. The molecule has 0 aliphatic carbocycles. The number of rotatable bonds is 3. The van der Waals surface area contributed by atoms with Crippen molar-refractivity contribution >= 4 is 6.41 Å². The van der Waals surface area contributed by atoms with Crippen molar-refractivity contribution in [1.29, 1.82) is 0 Å². The summed E-state index contributed by atoms with van der Waals surface area (Å²) in [5.41, 5.74) is 0. The Labute approximate surface area is 67.5 Å². The zero-order chi connectivity index (χ0) is 8.10. The fraction of sp³-hybridized carbons (Fsp3) is 0.875. The van der Waals surface area contributed by atoms with E-state index in [1.165, 1.54) is 12.8 Å². The highest BCUT2D eigenvalue weighted by Crippen LogP contribution is 2.13. The lowest BCUT2D eigenvalue weighted by Gasteiger charge is -2.27. The van der Waals surface area contributed by atoms with Crippen molar-refractivity contribution in [2.75, 3.05) is 13.1 Å². The van der Waals surface area contributed by atoms with Crippen LogP contribution in [0.4, 0.5) is 0 Å². The molecule has 0 aromatic carbocycles. The van der Waals surface area contributed by atoms with E-state index in [1.807, 2.05) is 0 Å². The minimum Gasteiger partial charge on any atom is -0.357 e. The van der Waals surface area contributed by atoms with Gasteiger partial charge in [-0.2, -0.15) is 0 Å². The lowest BCUT2D eigenvalue weighted by atomic mass is 9.94. The first-order valence-corrected chi connectivity index (χ1v) is 4.23. The van der Waals surface area contributed by atoms with Gasteiger partial charge in [-0.15, -0.1) is 0 Å². The van der Waals surface area contributed by atoms with Gasteiger partial charge in [-0.1, -0.05) is 6.92 Å². The van der Waals surface area contributed by atoms with E-state index in [0.29, 0.717) is 6.04 Å². The van der Waals surface area contributed by atoms with Gasteiger partial charge in [-0.3, -0.25) is 4.79 Å². The van der Waals surface area contributed by atoms with Crippen LogP contribution in [0, 0.1) is 5.92 Å². The van der Waals surface area contributed by atoms with Crippen molar-refractivity contribution in [1.82, 2.24) is 10.6 Å². The molecule has 2 N–H and O–H groups in total. The van der Waals surface area contributed by atoms with Crippen LogP contribution in [0.2, 0.25) is 0 Å². The molecule has 0 spiro atoms. The maximum absolute atomic E-state index is 9.99. The summed E-state index contributed by atoms with van der Waals surface area (Å²) in [5.74, 6) is 0.801. The number of amides is 1. The summed E-state index contributed by atoms with van der Waals surface area (Å²) >= 11 is 0.